The number of aromatic nitrogens is 2. The zero-order valence-electron chi connectivity index (χ0n) is 21.3. The summed E-state index contributed by atoms with van der Waals surface area (Å²) in [4.78, 5) is 9.93. The van der Waals surface area contributed by atoms with E-state index in [2.05, 4.69) is 98.8 Å². The first-order valence-electron chi connectivity index (χ1n) is 12.9. The smallest absolute Gasteiger partial charge is 0.160 e. The van der Waals surface area contributed by atoms with Crippen LogP contribution in [0.15, 0.2) is 121 Å². The van der Waals surface area contributed by atoms with E-state index in [4.69, 9.17) is 14.7 Å². The standard InChI is InChI=1S/C35H26N2O/c1-35(2)28-15-7-9-18-31(28)38-33-26(14-10-16-29(33)35)23-19-21-25(22-20-23)34-36-30-17-8-6-13-27(30)32(37-34)24-11-4-3-5-12-24/h3-22H,1-2H3. The van der Waals surface area contributed by atoms with Gasteiger partial charge in [0.15, 0.2) is 5.82 Å². The summed E-state index contributed by atoms with van der Waals surface area (Å²) in [5.41, 5.74) is 8.39. The van der Waals surface area contributed by atoms with Gasteiger partial charge in [-0.3, -0.25) is 0 Å². The third-order valence-corrected chi connectivity index (χ3v) is 7.57. The van der Waals surface area contributed by atoms with Gasteiger partial charge in [-0.25, -0.2) is 9.97 Å². The Morgan fingerprint density at radius 1 is 0.553 bits per heavy atom. The largest absolute Gasteiger partial charge is 0.456 e. The minimum Gasteiger partial charge on any atom is -0.456 e. The van der Waals surface area contributed by atoms with Crippen LogP contribution >= 0.6 is 0 Å². The first-order valence-corrected chi connectivity index (χ1v) is 12.9. The van der Waals surface area contributed by atoms with E-state index in [-0.39, 0.29) is 5.41 Å². The number of fused-ring (bicyclic) bond motifs is 3. The lowest BCUT2D eigenvalue weighted by Crippen LogP contribution is -2.24. The highest BCUT2D eigenvalue weighted by Crippen LogP contribution is 2.51. The molecule has 0 atom stereocenters. The molecule has 2 heterocycles. The van der Waals surface area contributed by atoms with Gasteiger partial charge < -0.3 is 4.74 Å². The van der Waals surface area contributed by atoms with Crippen LogP contribution in [0.4, 0.5) is 0 Å². The van der Waals surface area contributed by atoms with Gasteiger partial charge in [0.2, 0.25) is 0 Å². The molecule has 5 aromatic carbocycles. The Morgan fingerprint density at radius 3 is 2.08 bits per heavy atom. The average molecular weight is 491 g/mol. The number of hydrogen-bond donors (Lipinski definition) is 0. The van der Waals surface area contributed by atoms with Crippen LogP contribution in [0.1, 0.15) is 25.0 Å². The lowest BCUT2D eigenvalue weighted by Gasteiger charge is -2.35. The Balaban J connectivity index is 1.31. The van der Waals surface area contributed by atoms with Gasteiger partial charge in [-0.15, -0.1) is 0 Å². The van der Waals surface area contributed by atoms with Crippen molar-refractivity contribution in [1.29, 1.82) is 0 Å². The summed E-state index contributed by atoms with van der Waals surface area (Å²) in [5.74, 6) is 2.57. The van der Waals surface area contributed by atoms with Crippen LogP contribution in [-0.2, 0) is 5.41 Å². The van der Waals surface area contributed by atoms with Crippen molar-refractivity contribution in [3.05, 3.63) is 132 Å². The van der Waals surface area contributed by atoms with E-state index < -0.39 is 0 Å². The van der Waals surface area contributed by atoms with Crippen LogP contribution in [0.25, 0.3) is 44.7 Å². The molecule has 3 nitrogen and oxygen atoms in total. The fourth-order valence-electron chi connectivity index (χ4n) is 5.51. The normalized spacial score (nSPS) is 13.4. The predicted octanol–water partition coefficient (Wildman–Crippen LogP) is 9.06. The van der Waals surface area contributed by atoms with E-state index in [9.17, 15) is 0 Å². The fourth-order valence-corrected chi connectivity index (χ4v) is 5.51. The molecule has 0 saturated carbocycles. The first-order chi connectivity index (χ1) is 18.6. The van der Waals surface area contributed by atoms with Gasteiger partial charge in [-0.05, 0) is 17.7 Å². The SMILES string of the molecule is CC1(C)c2ccccc2Oc2c(-c3ccc(-c4nc(-c5ccccc5)c5ccccc5n4)cc3)cccc21. The summed E-state index contributed by atoms with van der Waals surface area (Å²) in [5, 5.41) is 1.05. The lowest BCUT2D eigenvalue weighted by molar-refractivity contribution is 0.419. The van der Waals surface area contributed by atoms with Crippen LogP contribution in [0, 0.1) is 0 Å². The van der Waals surface area contributed by atoms with Gasteiger partial charge in [-0.1, -0.05) is 123 Å². The summed E-state index contributed by atoms with van der Waals surface area (Å²) in [6.07, 6.45) is 0. The van der Waals surface area contributed by atoms with Gasteiger partial charge >= 0.3 is 0 Å². The fraction of sp³-hybridized carbons (Fsp3) is 0.0857. The lowest BCUT2D eigenvalue weighted by atomic mass is 9.75. The molecule has 3 heteroatoms. The highest BCUT2D eigenvalue weighted by Gasteiger charge is 2.35. The quantitative estimate of drug-likeness (QED) is 0.248. The number of hydrogen-bond acceptors (Lipinski definition) is 3. The zero-order chi connectivity index (χ0) is 25.7. The molecular formula is C35H26N2O. The molecule has 0 aliphatic carbocycles. The van der Waals surface area contributed by atoms with Crippen LogP contribution in [0.2, 0.25) is 0 Å². The number of nitrogens with zero attached hydrogens (tertiary/aromatic N) is 2. The Labute approximate surface area is 222 Å². The summed E-state index contributed by atoms with van der Waals surface area (Å²) in [7, 11) is 0. The summed E-state index contributed by atoms with van der Waals surface area (Å²) in [6.45, 7) is 4.53. The van der Waals surface area contributed by atoms with Crippen LogP contribution in [0.3, 0.4) is 0 Å². The first kappa shape index (κ1) is 22.4. The highest BCUT2D eigenvalue weighted by atomic mass is 16.5. The molecule has 0 bridgehead atoms. The van der Waals surface area contributed by atoms with Crippen molar-refractivity contribution in [2.75, 3.05) is 0 Å². The third kappa shape index (κ3) is 3.59. The molecule has 1 aliphatic rings. The number of para-hydroxylation sites is 3. The molecule has 1 aromatic heterocycles. The monoisotopic (exact) mass is 490 g/mol. The second-order valence-corrected chi connectivity index (χ2v) is 10.3. The van der Waals surface area contributed by atoms with Crippen LogP contribution in [0.5, 0.6) is 11.5 Å². The minimum atomic E-state index is -0.146. The summed E-state index contributed by atoms with van der Waals surface area (Å²) in [6, 6.07) is 41.8. The maximum atomic E-state index is 6.50. The zero-order valence-corrected chi connectivity index (χ0v) is 21.3. The second-order valence-electron chi connectivity index (χ2n) is 10.3. The topological polar surface area (TPSA) is 35.0 Å². The number of ether oxygens (including phenoxy) is 1. The molecule has 0 fully saturated rings. The van der Waals surface area contributed by atoms with Crippen molar-refractivity contribution in [1.82, 2.24) is 9.97 Å². The molecule has 6 aromatic rings. The van der Waals surface area contributed by atoms with E-state index in [1.807, 2.05) is 36.4 Å². The predicted molar refractivity (Wildman–Crippen MR) is 154 cm³/mol. The minimum absolute atomic E-state index is 0.146. The molecule has 38 heavy (non-hydrogen) atoms. The van der Waals surface area contributed by atoms with Gasteiger partial charge in [0, 0.05) is 38.6 Å². The van der Waals surface area contributed by atoms with Gasteiger partial charge in [0.25, 0.3) is 0 Å². The van der Waals surface area contributed by atoms with E-state index >= 15 is 0 Å². The van der Waals surface area contributed by atoms with E-state index in [0.29, 0.717) is 0 Å². The molecule has 0 spiro atoms. The highest BCUT2D eigenvalue weighted by molar-refractivity contribution is 5.93. The molecule has 0 radical (unpaired) electrons. The van der Waals surface area contributed by atoms with Gasteiger partial charge in [0.1, 0.15) is 11.5 Å². The maximum absolute atomic E-state index is 6.50. The maximum Gasteiger partial charge on any atom is 0.160 e. The second kappa shape index (κ2) is 8.67. The molecule has 0 amide bonds. The van der Waals surface area contributed by atoms with Crippen molar-refractivity contribution in [2.24, 2.45) is 0 Å². The molecule has 0 saturated heterocycles. The Morgan fingerprint density at radius 2 is 1.24 bits per heavy atom. The summed E-state index contributed by atoms with van der Waals surface area (Å²) < 4.78 is 6.50. The summed E-state index contributed by atoms with van der Waals surface area (Å²) >= 11 is 0. The molecule has 182 valence electrons. The number of benzene rings is 5. The van der Waals surface area contributed by atoms with Gasteiger partial charge in [-0.2, -0.15) is 0 Å². The van der Waals surface area contributed by atoms with Crippen LogP contribution < -0.4 is 4.74 Å². The Bertz CT molecular complexity index is 1800. The Kier molecular flexibility index (Phi) is 5.12. The van der Waals surface area contributed by atoms with Crippen molar-refractivity contribution < 1.29 is 4.74 Å². The number of rotatable bonds is 3. The van der Waals surface area contributed by atoms with E-state index in [0.717, 1.165) is 56.2 Å². The average Bonchev–Trinajstić information content (AvgIpc) is 2.97. The molecule has 0 unspecified atom stereocenters. The van der Waals surface area contributed by atoms with Crippen LogP contribution in [-0.4, -0.2) is 9.97 Å². The van der Waals surface area contributed by atoms with Crippen molar-refractivity contribution in [2.45, 2.75) is 19.3 Å². The van der Waals surface area contributed by atoms with E-state index in [1.54, 1.807) is 0 Å². The molecule has 1 aliphatic heterocycles. The molecular weight excluding hydrogens is 464 g/mol. The van der Waals surface area contributed by atoms with Gasteiger partial charge in [0.05, 0.1) is 11.2 Å². The van der Waals surface area contributed by atoms with Crippen molar-refractivity contribution >= 4 is 10.9 Å². The molecule has 7 rings (SSSR count). The van der Waals surface area contributed by atoms with Crippen molar-refractivity contribution in [3.63, 3.8) is 0 Å². The van der Waals surface area contributed by atoms with E-state index in [1.165, 1.54) is 11.1 Å². The van der Waals surface area contributed by atoms with Crippen molar-refractivity contribution in [3.8, 4) is 45.3 Å². The molecule has 0 N–H and O–H groups in total. The third-order valence-electron chi connectivity index (χ3n) is 7.57. The Hall–Kier alpha value is -4.76.